The van der Waals surface area contributed by atoms with Gasteiger partial charge in [-0.1, -0.05) is 26.0 Å². The second kappa shape index (κ2) is 6.95. The number of hydrogen-bond acceptors (Lipinski definition) is 2. The first-order valence-corrected chi connectivity index (χ1v) is 7.72. The van der Waals surface area contributed by atoms with Crippen LogP contribution in [0.15, 0.2) is 24.3 Å². The summed E-state index contributed by atoms with van der Waals surface area (Å²) in [5.41, 5.74) is 8.63. The second-order valence-corrected chi connectivity index (χ2v) is 6.46. The highest BCUT2D eigenvalue weighted by molar-refractivity contribution is 5.44. The first-order valence-electron chi connectivity index (χ1n) is 7.72. The molecule has 1 fully saturated rings. The fourth-order valence-corrected chi connectivity index (χ4v) is 2.88. The lowest BCUT2D eigenvalue weighted by Gasteiger charge is -2.26. The van der Waals surface area contributed by atoms with Crippen LogP contribution in [0.4, 0.5) is 5.69 Å². The summed E-state index contributed by atoms with van der Waals surface area (Å²) in [4.78, 5) is 0. The van der Waals surface area contributed by atoms with Gasteiger partial charge >= 0.3 is 0 Å². The van der Waals surface area contributed by atoms with Crippen molar-refractivity contribution < 1.29 is 0 Å². The molecular weight excluding hydrogens is 232 g/mol. The van der Waals surface area contributed by atoms with E-state index in [1.807, 2.05) is 0 Å². The summed E-state index contributed by atoms with van der Waals surface area (Å²) >= 11 is 0. The van der Waals surface area contributed by atoms with Crippen molar-refractivity contribution in [3.05, 3.63) is 29.8 Å². The van der Waals surface area contributed by atoms with Crippen molar-refractivity contribution in [3.8, 4) is 0 Å². The molecule has 2 nitrogen and oxygen atoms in total. The molecule has 0 saturated heterocycles. The molecule has 1 aliphatic carbocycles. The van der Waals surface area contributed by atoms with Crippen LogP contribution in [0.1, 0.15) is 45.1 Å². The van der Waals surface area contributed by atoms with Gasteiger partial charge in [-0.15, -0.1) is 0 Å². The standard InChI is InChI=1S/C17H28N2/c1-13(2)11-14-5-9-17(10-6-14)19-12-15-3-7-16(18)8-4-15/h5-6,9-10,13,15-16,19H,3-4,7-8,11-12,18H2,1-2H3. The molecule has 0 aromatic heterocycles. The Hall–Kier alpha value is -1.02. The highest BCUT2D eigenvalue weighted by atomic mass is 14.9. The summed E-state index contributed by atoms with van der Waals surface area (Å²) in [6.45, 7) is 5.62. The van der Waals surface area contributed by atoms with E-state index in [2.05, 4.69) is 43.4 Å². The molecule has 0 atom stereocenters. The maximum atomic E-state index is 5.94. The number of nitrogens with one attached hydrogen (secondary N) is 1. The van der Waals surface area contributed by atoms with Gasteiger partial charge in [0.05, 0.1) is 0 Å². The molecule has 1 aliphatic rings. The van der Waals surface area contributed by atoms with Gasteiger partial charge in [0.15, 0.2) is 0 Å². The molecule has 0 unspecified atom stereocenters. The van der Waals surface area contributed by atoms with Crippen molar-refractivity contribution in [1.29, 1.82) is 0 Å². The highest BCUT2D eigenvalue weighted by Crippen LogP contribution is 2.23. The number of nitrogens with two attached hydrogens (primary N) is 1. The van der Waals surface area contributed by atoms with E-state index >= 15 is 0 Å². The monoisotopic (exact) mass is 260 g/mol. The topological polar surface area (TPSA) is 38.0 Å². The fourth-order valence-electron chi connectivity index (χ4n) is 2.88. The van der Waals surface area contributed by atoms with Gasteiger partial charge in [-0.2, -0.15) is 0 Å². The molecule has 1 aromatic rings. The van der Waals surface area contributed by atoms with E-state index in [0.717, 1.165) is 18.4 Å². The molecule has 0 radical (unpaired) electrons. The molecule has 0 amide bonds. The predicted octanol–water partition coefficient (Wildman–Crippen LogP) is 3.81. The Labute approximate surface area is 117 Å². The molecule has 0 spiro atoms. The molecule has 0 heterocycles. The molecule has 3 N–H and O–H groups in total. The third-order valence-corrected chi connectivity index (χ3v) is 4.08. The van der Waals surface area contributed by atoms with Crippen LogP contribution >= 0.6 is 0 Å². The SMILES string of the molecule is CC(C)Cc1ccc(NCC2CCC(N)CC2)cc1. The average molecular weight is 260 g/mol. The van der Waals surface area contributed by atoms with E-state index in [4.69, 9.17) is 5.73 Å². The third kappa shape index (κ3) is 4.87. The lowest BCUT2D eigenvalue weighted by molar-refractivity contribution is 0.339. The Morgan fingerprint density at radius 3 is 2.32 bits per heavy atom. The van der Waals surface area contributed by atoms with E-state index in [-0.39, 0.29) is 0 Å². The minimum Gasteiger partial charge on any atom is -0.385 e. The third-order valence-electron chi connectivity index (χ3n) is 4.08. The van der Waals surface area contributed by atoms with Gasteiger partial charge in [-0.05, 0) is 61.6 Å². The van der Waals surface area contributed by atoms with Crippen molar-refractivity contribution in [2.75, 3.05) is 11.9 Å². The normalized spacial score (nSPS) is 23.6. The zero-order chi connectivity index (χ0) is 13.7. The first kappa shape index (κ1) is 14.4. The van der Waals surface area contributed by atoms with E-state index in [0.29, 0.717) is 6.04 Å². The van der Waals surface area contributed by atoms with Gasteiger partial charge in [-0.25, -0.2) is 0 Å². The largest absolute Gasteiger partial charge is 0.385 e. The second-order valence-electron chi connectivity index (χ2n) is 6.46. The summed E-state index contributed by atoms with van der Waals surface area (Å²) in [6, 6.07) is 9.38. The Bertz CT molecular complexity index is 361. The Morgan fingerprint density at radius 1 is 1.11 bits per heavy atom. The maximum absolute atomic E-state index is 5.94. The van der Waals surface area contributed by atoms with E-state index in [1.54, 1.807) is 0 Å². The van der Waals surface area contributed by atoms with Gasteiger partial charge < -0.3 is 11.1 Å². The van der Waals surface area contributed by atoms with E-state index in [9.17, 15) is 0 Å². The molecular formula is C17H28N2. The molecule has 0 bridgehead atoms. The number of rotatable bonds is 5. The molecule has 1 aromatic carbocycles. The van der Waals surface area contributed by atoms with Gasteiger partial charge in [0.2, 0.25) is 0 Å². The van der Waals surface area contributed by atoms with Crippen LogP contribution < -0.4 is 11.1 Å². The Balaban J connectivity index is 1.76. The van der Waals surface area contributed by atoms with Crippen LogP contribution in [0.3, 0.4) is 0 Å². The van der Waals surface area contributed by atoms with Crippen LogP contribution in [0.5, 0.6) is 0 Å². The Kier molecular flexibility index (Phi) is 5.26. The van der Waals surface area contributed by atoms with E-state index in [1.165, 1.54) is 43.4 Å². The van der Waals surface area contributed by atoms with Crippen molar-refractivity contribution in [2.45, 2.75) is 52.0 Å². The quantitative estimate of drug-likeness (QED) is 0.844. The zero-order valence-corrected chi connectivity index (χ0v) is 12.4. The van der Waals surface area contributed by atoms with Gasteiger partial charge in [0.25, 0.3) is 0 Å². The van der Waals surface area contributed by atoms with Crippen LogP contribution in [0.25, 0.3) is 0 Å². The Morgan fingerprint density at radius 2 is 1.74 bits per heavy atom. The lowest BCUT2D eigenvalue weighted by atomic mass is 9.86. The first-order chi connectivity index (χ1) is 9.13. The molecule has 106 valence electrons. The van der Waals surface area contributed by atoms with Gasteiger partial charge in [-0.3, -0.25) is 0 Å². The lowest BCUT2D eigenvalue weighted by Crippen LogP contribution is -2.29. The van der Waals surface area contributed by atoms with Crippen LogP contribution in [-0.4, -0.2) is 12.6 Å². The van der Waals surface area contributed by atoms with E-state index < -0.39 is 0 Å². The van der Waals surface area contributed by atoms with Crippen LogP contribution in [-0.2, 0) is 6.42 Å². The average Bonchev–Trinajstić information content (AvgIpc) is 2.39. The number of hydrogen-bond donors (Lipinski definition) is 2. The fraction of sp³-hybridized carbons (Fsp3) is 0.647. The summed E-state index contributed by atoms with van der Waals surface area (Å²) in [7, 11) is 0. The molecule has 1 saturated carbocycles. The van der Waals surface area contributed by atoms with Crippen molar-refractivity contribution in [1.82, 2.24) is 0 Å². The van der Waals surface area contributed by atoms with Gasteiger partial charge in [0.1, 0.15) is 0 Å². The number of benzene rings is 1. The molecule has 2 rings (SSSR count). The highest BCUT2D eigenvalue weighted by Gasteiger charge is 2.17. The van der Waals surface area contributed by atoms with Crippen LogP contribution in [0.2, 0.25) is 0 Å². The van der Waals surface area contributed by atoms with Gasteiger partial charge in [0, 0.05) is 18.3 Å². The predicted molar refractivity (Wildman–Crippen MR) is 83.4 cm³/mol. The van der Waals surface area contributed by atoms with Crippen molar-refractivity contribution in [2.24, 2.45) is 17.6 Å². The smallest absolute Gasteiger partial charge is 0.0340 e. The molecule has 2 heteroatoms. The number of anilines is 1. The maximum Gasteiger partial charge on any atom is 0.0340 e. The summed E-state index contributed by atoms with van der Waals surface area (Å²) in [5, 5.41) is 3.57. The molecule has 0 aliphatic heterocycles. The van der Waals surface area contributed by atoms with Crippen LogP contribution in [0, 0.1) is 11.8 Å². The molecule has 19 heavy (non-hydrogen) atoms. The minimum absolute atomic E-state index is 0.451. The minimum atomic E-state index is 0.451. The van der Waals surface area contributed by atoms with Crippen molar-refractivity contribution >= 4 is 5.69 Å². The van der Waals surface area contributed by atoms with Crippen molar-refractivity contribution in [3.63, 3.8) is 0 Å². The summed E-state index contributed by atoms with van der Waals surface area (Å²) in [6.07, 6.45) is 6.11. The summed E-state index contributed by atoms with van der Waals surface area (Å²) in [5.74, 6) is 1.53. The summed E-state index contributed by atoms with van der Waals surface area (Å²) < 4.78 is 0. The zero-order valence-electron chi connectivity index (χ0n) is 12.4.